The van der Waals surface area contributed by atoms with E-state index in [1.165, 1.54) is 0 Å². The number of rotatable bonds is 3. The molecule has 0 amide bonds. The molecule has 4 heteroatoms. The Hall–Kier alpha value is -0.160. The Bertz CT molecular complexity index is 207. The number of hydrogen-bond acceptors (Lipinski definition) is 4. The van der Waals surface area contributed by atoms with Gasteiger partial charge in [-0.3, -0.25) is 0 Å². The van der Waals surface area contributed by atoms with Gasteiger partial charge in [-0.25, -0.2) is 0 Å². The molecule has 0 aromatic rings. The minimum Gasteiger partial charge on any atom is -0.381 e. The summed E-state index contributed by atoms with van der Waals surface area (Å²) < 4.78 is 11.2. The summed E-state index contributed by atoms with van der Waals surface area (Å²) in [5, 5.41) is 3.68. The third-order valence-corrected chi connectivity index (χ3v) is 3.57. The Kier molecular flexibility index (Phi) is 4.58. The summed E-state index contributed by atoms with van der Waals surface area (Å²) in [5.74, 6) is 0. The van der Waals surface area contributed by atoms with Crippen LogP contribution < -0.4 is 5.32 Å². The van der Waals surface area contributed by atoms with E-state index >= 15 is 0 Å². The first kappa shape index (κ1) is 12.3. The second-order valence-corrected chi connectivity index (χ2v) is 5.01. The third-order valence-electron chi connectivity index (χ3n) is 3.57. The second kappa shape index (κ2) is 5.96. The zero-order chi connectivity index (χ0) is 11.4. The molecular weight excluding hydrogens is 204 g/mol. The molecule has 2 fully saturated rings. The Morgan fingerprint density at radius 2 is 2.00 bits per heavy atom. The summed E-state index contributed by atoms with van der Waals surface area (Å²) in [6, 6.07) is 1.05. The highest BCUT2D eigenvalue weighted by molar-refractivity contribution is 4.82. The molecule has 2 rings (SSSR count). The van der Waals surface area contributed by atoms with Crippen molar-refractivity contribution < 1.29 is 9.47 Å². The fourth-order valence-corrected chi connectivity index (χ4v) is 2.46. The van der Waals surface area contributed by atoms with Gasteiger partial charge in [-0.1, -0.05) is 0 Å². The monoisotopic (exact) mass is 228 g/mol. The zero-order valence-corrected chi connectivity index (χ0v) is 10.4. The lowest BCUT2D eigenvalue weighted by Crippen LogP contribution is -2.53. The average molecular weight is 228 g/mol. The molecule has 2 unspecified atom stereocenters. The van der Waals surface area contributed by atoms with E-state index in [-0.39, 0.29) is 0 Å². The van der Waals surface area contributed by atoms with Crippen molar-refractivity contribution in [2.24, 2.45) is 0 Å². The maximum absolute atomic E-state index is 5.82. The van der Waals surface area contributed by atoms with Crippen molar-refractivity contribution in [3.8, 4) is 0 Å². The fourth-order valence-electron chi connectivity index (χ4n) is 2.46. The van der Waals surface area contributed by atoms with Crippen LogP contribution in [0.3, 0.4) is 0 Å². The summed E-state index contributed by atoms with van der Waals surface area (Å²) >= 11 is 0. The maximum Gasteiger partial charge on any atom is 0.0852 e. The first-order chi connectivity index (χ1) is 7.75. The van der Waals surface area contributed by atoms with Crippen LogP contribution in [0.25, 0.3) is 0 Å². The lowest BCUT2D eigenvalue weighted by Gasteiger charge is -2.36. The van der Waals surface area contributed by atoms with Crippen LogP contribution in [0.15, 0.2) is 0 Å². The zero-order valence-electron chi connectivity index (χ0n) is 10.4. The minimum atomic E-state index is 0.335. The minimum absolute atomic E-state index is 0.335. The average Bonchev–Trinajstić information content (AvgIpc) is 2.30. The number of nitrogens with zero attached hydrogens (tertiary/aromatic N) is 1. The van der Waals surface area contributed by atoms with Crippen molar-refractivity contribution >= 4 is 0 Å². The Morgan fingerprint density at radius 3 is 2.69 bits per heavy atom. The quantitative estimate of drug-likeness (QED) is 0.761. The predicted molar refractivity (Wildman–Crippen MR) is 63.7 cm³/mol. The molecule has 0 spiro atoms. The van der Waals surface area contributed by atoms with Crippen molar-refractivity contribution in [3.05, 3.63) is 0 Å². The highest BCUT2D eigenvalue weighted by atomic mass is 16.5. The van der Waals surface area contributed by atoms with Crippen LogP contribution >= 0.6 is 0 Å². The maximum atomic E-state index is 5.82. The third kappa shape index (κ3) is 3.42. The van der Waals surface area contributed by atoms with Crippen LogP contribution in [0.1, 0.15) is 19.8 Å². The van der Waals surface area contributed by atoms with Crippen LogP contribution in [0, 0.1) is 0 Å². The standard InChI is InChI=1S/C12H24N2O2/c1-10(12-9-14(2)5-8-16-12)13-11-3-6-15-7-4-11/h10-13H,3-9H2,1-2H3. The molecule has 2 atom stereocenters. The predicted octanol–water partition coefficient (Wildman–Crippen LogP) is 0.474. The van der Waals surface area contributed by atoms with E-state index < -0.39 is 0 Å². The topological polar surface area (TPSA) is 33.7 Å². The highest BCUT2D eigenvalue weighted by Crippen LogP contribution is 2.12. The van der Waals surface area contributed by atoms with E-state index in [9.17, 15) is 0 Å². The molecule has 16 heavy (non-hydrogen) atoms. The van der Waals surface area contributed by atoms with Crippen LogP contribution in [-0.2, 0) is 9.47 Å². The molecule has 0 aromatic carbocycles. The van der Waals surface area contributed by atoms with Crippen molar-refractivity contribution in [1.82, 2.24) is 10.2 Å². The molecule has 0 aliphatic carbocycles. The van der Waals surface area contributed by atoms with Crippen molar-refractivity contribution in [1.29, 1.82) is 0 Å². The molecule has 0 saturated carbocycles. The van der Waals surface area contributed by atoms with E-state index in [0.29, 0.717) is 18.2 Å². The molecular formula is C12H24N2O2. The number of nitrogens with one attached hydrogen (secondary N) is 1. The van der Waals surface area contributed by atoms with Gasteiger partial charge in [0.15, 0.2) is 0 Å². The first-order valence-electron chi connectivity index (χ1n) is 6.39. The van der Waals surface area contributed by atoms with Gasteiger partial charge < -0.3 is 19.7 Å². The lowest BCUT2D eigenvalue weighted by molar-refractivity contribution is -0.0399. The van der Waals surface area contributed by atoms with Crippen molar-refractivity contribution in [2.75, 3.05) is 40.0 Å². The van der Waals surface area contributed by atoms with Gasteiger partial charge in [0.1, 0.15) is 0 Å². The molecule has 0 bridgehead atoms. The molecule has 0 aromatic heterocycles. The normalized spacial score (nSPS) is 31.5. The van der Waals surface area contributed by atoms with Crippen molar-refractivity contribution in [2.45, 2.75) is 38.0 Å². The highest BCUT2D eigenvalue weighted by Gasteiger charge is 2.25. The van der Waals surface area contributed by atoms with Gasteiger partial charge >= 0.3 is 0 Å². The Morgan fingerprint density at radius 1 is 1.25 bits per heavy atom. The summed E-state index contributed by atoms with van der Waals surface area (Å²) in [7, 11) is 2.16. The number of ether oxygens (including phenoxy) is 2. The molecule has 2 heterocycles. The van der Waals surface area contributed by atoms with Gasteiger partial charge in [0.2, 0.25) is 0 Å². The summed E-state index contributed by atoms with van der Waals surface area (Å²) in [5.41, 5.74) is 0. The second-order valence-electron chi connectivity index (χ2n) is 5.01. The molecule has 2 aliphatic heterocycles. The largest absolute Gasteiger partial charge is 0.381 e. The van der Waals surface area contributed by atoms with E-state index in [4.69, 9.17) is 9.47 Å². The van der Waals surface area contributed by atoms with Gasteiger partial charge in [0.05, 0.1) is 12.7 Å². The van der Waals surface area contributed by atoms with Crippen LogP contribution in [0.4, 0.5) is 0 Å². The van der Waals surface area contributed by atoms with E-state index in [1.54, 1.807) is 0 Å². The first-order valence-corrected chi connectivity index (χ1v) is 6.39. The summed E-state index contributed by atoms with van der Waals surface area (Å²) in [6.07, 6.45) is 2.60. The van der Waals surface area contributed by atoms with Gasteiger partial charge in [0, 0.05) is 38.4 Å². The molecule has 94 valence electrons. The van der Waals surface area contributed by atoms with Gasteiger partial charge in [-0.2, -0.15) is 0 Å². The number of likely N-dealkylation sites (N-methyl/N-ethyl adjacent to an activating group) is 1. The van der Waals surface area contributed by atoms with Crippen LogP contribution in [-0.4, -0.2) is 63.0 Å². The van der Waals surface area contributed by atoms with Crippen LogP contribution in [0.5, 0.6) is 0 Å². The summed E-state index contributed by atoms with van der Waals surface area (Å²) in [4.78, 5) is 2.34. The number of hydrogen-bond donors (Lipinski definition) is 1. The Balaban J connectivity index is 1.75. The van der Waals surface area contributed by atoms with Crippen molar-refractivity contribution in [3.63, 3.8) is 0 Å². The van der Waals surface area contributed by atoms with Gasteiger partial charge in [-0.05, 0) is 26.8 Å². The SMILES string of the molecule is CC(NC1CCOCC1)C1CN(C)CCO1. The molecule has 4 nitrogen and oxygen atoms in total. The fraction of sp³-hybridized carbons (Fsp3) is 1.00. The number of morpholine rings is 1. The van der Waals surface area contributed by atoms with Gasteiger partial charge in [0.25, 0.3) is 0 Å². The van der Waals surface area contributed by atoms with E-state index in [1.807, 2.05) is 0 Å². The smallest absolute Gasteiger partial charge is 0.0852 e. The van der Waals surface area contributed by atoms with E-state index in [2.05, 4.69) is 24.2 Å². The van der Waals surface area contributed by atoms with E-state index in [0.717, 1.165) is 45.8 Å². The summed E-state index contributed by atoms with van der Waals surface area (Å²) in [6.45, 7) is 6.99. The molecule has 0 radical (unpaired) electrons. The van der Waals surface area contributed by atoms with Gasteiger partial charge in [-0.15, -0.1) is 0 Å². The Labute approximate surface area is 98.3 Å². The molecule has 2 saturated heterocycles. The molecule has 1 N–H and O–H groups in total. The molecule has 2 aliphatic rings. The van der Waals surface area contributed by atoms with Crippen LogP contribution in [0.2, 0.25) is 0 Å². The lowest BCUT2D eigenvalue weighted by atomic mass is 10.1.